The second-order valence-corrected chi connectivity index (χ2v) is 6.89. The fraction of sp³-hybridized carbons (Fsp3) is 0.0833. The van der Waals surface area contributed by atoms with Crippen molar-refractivity contribution in [1.29, 1.82) is 0 Å². The number of ether oxygens (including phenoxy) is 2. The normalized spacial score (nSPS) is 14.3. The number of cyclic esters (lactones) is 1. The molecular weight excluding hydrogens is 396 g/mol. The first kappa shape index (κ1) is 20.0. The van der Waals surface area contributed by atoms with Crippen molar-refractivity contribution in [3.63, 3.8) is 0 Å². The summed E-state index contributed by atoms with van der Waals surface area (Å²) < 4.78 is 11.1. The summed E-state index contributed by atoms with van der Waals surface area (Å²) in [4.78, 5) is 27.3. The average molecular weight is 414 g/mol. The van der Waals surface area contributed by atoms with E-state index in [1.54, 1.807) is 25.1 Å². The van der Waals surface area contributed by atoms with Crippen LogP contribution in [0.1, 0.15) is 22.3 Å². The van der Waals surface area contributed by atoms with E-state index >= 15 is 0 Å². The summed E-state index contributed by atoms with van der Waals surface area (Å²) in [6.45, 7) is 2.02. The highest BCUT2D eigenvalue weighted by atomic mass is 16.6. The molecule has 7 heteroatoms. The van der Waals surface area contributed by atoms with Gasteiger partial charge in [0.25, 0.3) is 5.69 Å². The van der Waals surface area contributed by atoms with E-state index in [0.29, 0.717) is 23.5 Å². The van der Waals surface area contributed by atoms with Crippen LogP contribution in [-0.2, 0) is 16.1 Å². The molecule has 0 spiro atoms. The summed E-state index contributed by atoms with van der Waals surface area (Å²) in [7, 11) is 0. The second kappa shape index (κ2) is 8.62. The minimum absolute atomic E-state index is 0.0499. The van der Waals surface area contributed by atoms with Crippen molar-refractivity contribution in [2.24, 2.45) is 4.99 Å². The van der Waals surface area contributed by atoms with E-state index in [1.807, 2.05) is 48.5 Å². The van der Waals surface area contributed by atoms with Gasteiger partial charge in [0.05, 0.1) is 4.92 Å². The summed E-state index contributed by atoms with van der Waals surface area (Å²) in [6, 6.07) is 21.6. The Bertz CT molecular complexity index is 1220. The van der Waals surface area contributed by atoms with Crippen molar-refractivity contribution in [1.82, 2.24) is 0 Å². The predicted molar refractivity (Wildman–Crippen MR) is 116 cm³/mol. The van der Waals surface area contributed by atoms with E-state index in [9.17, 15) is 14.9 Å². The quantitative estimate of drug-likeness (QED) is 0.249. The van der Waals surface area contributed by atoms with E-state index in [4.69, 9.17) is 9.47 Å². The maximum absolute atomic E-state index is 12.3. The van der Waals surface area contributed by atoms with Gasteiger partial charge >= 0.3 is 5.97 Å². The van der Waals surface area contributed by atoms with Gasteiger partial charge in [-0.3, -0.25) is 10.1 Å². The maximum Gasteiger partial charge on any atom is 0.363 e. The highest BCUT2D eigenvalue weighted by Crippen LogP contribution is 2.26. The second-order valence-electron chi connectivity index (χ2n) is 6.89. The third kappa shape index (κ3) is 4.51. The fourth-order valence-electron chi connectivity index (χ4n) is 3.17. The molecule has 0 bridgehead atoms. The molecule has 3 aromatic rings. The number of carbonyl (C=O) groups excluding carboxylic acids is 1. The Morgan fingerprint density at radius 2 is 1.84 bits per heavy atom. The van der Waals surface area contributed by atoms with Crippen LogP contribution in [0.2, 0.25) is 0 Å². The van der Waals surface area contributed by atoms with Crippen LogP contribution in [0.5, 0.6) is 5.75 Å². The van der Waals surface area contributed by atoms with Crippen molar-refractivity contribution < 1.29 is 19.2 Å². The summed E-state index contributed by atoms with van der Waals surface area (Å²) >= 11 is 0. The van der Waals surface area contributed by atoms with Crippen molar-refractivity contribution in [2.45, 2.75) is 13.5 Å². The molecule has 0 aromatic heterocycles. The number of nitro benzene ring substituents is 1. The average Bonchev–Trinajstić information content (AvgIpc) is 3.13. The molecule has 0 saturated carbocycles. The lowest BCUT2D eigenvalue weighted by molar-refractivity contribution is -0.385. The molecule has 1 aliphatic heterocycles. The zero-order valence-corrected chi connectivity index (χ0v) is 16.6. The van der Waals surface area contributed by atoms with E-state index < -0.39 is 10.9 Å². The van der Waals surface area contributed by atoms with E-state index in [0.717, 1.165) is 11.1 Å². The number of hydrogen-bond acceptors (Lipinski definition) is 6. The predicted octanol–water partition coefficient (Wildman–Crippen LogP) is 4.83. The van der Waals surface area contributed by atoms with Gasteiger partial charge in [-0.1, -0.05) is 48.5 Å². The van der Waals surface area contributed by atoms with Gasteiger partial charge in [0.1, 0.15) is 12.4 Å². The number of benzene rings is 3. The van der Waals surface area contributed by atoms with Gasteiger partial charge < -0.3 is 9.47 Å². The molecule has 0 radical (unpaired) electrons. The molecule has 1 heterocycles. The molecule has 0 N–H and O–H groups in total. The number of hydrogen-bond donors (Lipinski definition) is 0. The molecule has 3 aromatic carbocycles. The topological polar surface area (TPSA) is 91.0 Å². The van der Waals surface area contributed by atoms with Crippen LogP contribution < -0.4 is 4.74 Å². The van der Waals surface area contributed by atoms with Gasteiger partial charge in [0.2, 0.25) is 5.90 Å². The molecule has 0 atom stereocenters. The van der Waals surface area contributed by atoms with E-state index in [-0.39, 0.29) is 17.3 Å². The SMILES string of the molecule is Cc1c(C2=N/C(=C\c3cccc(OCc4ccccc4)c3)C(=O)O2)cccc1[N+](=O)[O-]. The van der Waals surface area contributed by atoms with Crippen molar-refractivity contribution >= 4 is 23.6 Å². The third-order valence-electron chi connectivity index (χ3n) is 4.76. The Balaban J connectivity index is 1.57. The summed E-state index contributed by atoms with van der Waals surface area (Å²) in [5, 5.41) is 11.2. The van der Waals surface area contributed by atoms with Crippen LogP contribution in [0.15, 0.2) is 83.5 Å². The smallest absolute Gasteiger partial charge is 0.363 e. The molecule has 154 valence electrons. The highest BCUT2D eigenvalue weighted by molar-refractivity contribution is 6.13. The van der Waals surface area contributed by atoms with Crippen molar-refractivity contribution in [3.05, 3.63) is 111 Å². The molecule has 7 nitrogen and oxygen atoms in total. The zero-order chi connectivity index (χ0) is 21.8. The van der Waals surface area contributed by atoms with Gasteiger partial charge in [-0.25, -0.2) is 9.79 Å². The molecule has 0 unspecified atom stereocenters. The molecule has 1 aliphatic rings. The Hall–Kier alpha value is -4.26. The van der Waals surface area contributed by atoms with E-state index in [2.05, 4.69) is 4.99 Å². The lowest BCUT2D eigenvalue weighted by atomic mass is 10.1. The monoisotopic (exact) mass is 414 g/mol. The number of aliphatic imine (C=N–C) groups is 1. The van der Waals surface area contributed by atoms with Gasteiger partial charge in [-0.2, -0.15) is 0 Å². The van der Waals surface area contributed by atoms with Crippen molar-refractivity contribution in [3.8, 4) is 5.75 Å². The van der Waals surface area contributed by atoms with Gasteiger partial charge in [-0.05, 0) is 42.3 Å². The number of carbonyl (C=O) groups is 1. The minimum atomic E-state index is -0.614. The lowest BCUT2D eigenvalue weighted by Gasteiger charge is -2.07. The molecule has 0 saturated heterocycles. The Morgan fingerprint density at radius 3 is 2.61 bits per heavy atom. The van der Waals surface area contributed by atoms with Crippen LogP contribution in [0.3, 0.4) is 0 Å². The highest BCUT2D eigenvalue weighted by Gasteiger charge is 2.27. The van der Waals surface area contributed by atoms with Crippen molar-refractivity contribution in [2.75, 3.05) is 0 Å². The van der Waals surface area contributed by atoms with Gasteiger partial charge in [0, 0.05) is 17.2 Å². The van der Waals surface area contributed by atoms with Crippen LogP contribution in [0, 0.1) is 17.0 Å². The molecular formula is C24H18N2O5. The molecule has 31 heavy (non-hydrogen) atoms. The number of nitrogens with zero attached hydrogens (tertiary/aromatic N) is 2. The van der Waals surface area contributed by atoms with Crippen LogP contribution in [-0.4, -0.2) is 16.8 Å². The molecule has 4 rings (SSSR count). The first-order valence-corrected chi connectivity index (χ1v) is 9.55. The summed E-state index contributed by atoms with van der Waals surface area (Å²) in [5.74, 6) is 0.0914. The Labute approximate surface area is 178 Å². The zero-order valence-electron chi connectivity index (χ0n) is 16.6. The minimum Gasteiger partial charge on any atom is -0.489 e. The summed E-state index contributed by atoms with van der Waals surface area (Å²) in [5.41, 5.74) is 2.62. The third-order valence-corrected chi connectivity index (χ3v) is 4.76. The molecule has 0 fully saturated rings. The lowest BCUT2D eigenvalue weighted by Crippen LogP contribution is -2.08. The van der Waals surface area contributed by atoms with Gasteiger partial charge in [0.15, 0.2) is 5.70 Å². The first-order chi connectivity index (χ1) is 15.0. The Kier molecular flexibility index (Phi) is 5.57. The fourth-order valence-corrected chi connectivity index (χ4v) is 3.17. The van der Waals surface area contributed by atoms with Crippen LogP contribution in [0.4, 0.5) is 5.69 Å². The van der Waals surface area contributed by atoms with Crippen LogP contribution in [0.25, 0.3) is 6.08 Å². The molecule has 0 amide bonds. The maximum atomic E-state index is 12.3. The number of rotatable bonds is 6. The largest absolute Gasteiger partial charge is 0.489 e. The first-order valence-electron chi connectivity index (χ1n) is 9.55. The number of nitro groups is 1. The van der Waals surface area contributed by atoms with Gasteiger partial charge in [-0.15, -0.1) is 0 Å². The Morgan fingerprint density at radius 1 is 1.06 bits per heavy atom. The van der Waals surface area contributed by atoms with E-state index in [1.165, 1.54) is 12.1 Å². The summed E-state index contributed by atoms with van der Waals surface area (Å²) in [6.07, 6.45) is 1.59. The standard InChI is InChI=1S/C24H18N2O5/c1-16-20(11-6-12-22(16)26(28)29)23-25-21(24(27)31-23)14-18-9-5-10-19(13-18)30-15-17-7-3-2-4-8-17/h2-14H,15H2,1H3/b21-14-. The molecule has 0 aliphatic carbocycles. The van der Waals surface area contributed by atoms with Crippen LogP contribution >= 0.6 is 0 Å². The number of esters is 1.